The topological polar surface area (TPSA) is 122 Å². The first-order chi connectivity index (χ1) is 13.8. The third kappa shape index (κ3) is 3.78. The summed E-state index contributed by atoms with van der Waals surface area (Å²) in [7, 11) is -3.93. The number of carboxylic acid groups (broad SMARTS) is 1. The van der Waals surface area contributed by atoms with E-state index < -0.39 is 46.8 Å². The maximum absolute atomic E-state index is 12.8. The minimum Gasteiger partial charge on any atom is -0.485 e. The zero-order chi connectivity index (χ0) is 20.8. The molecule has 154 valence electrons. The van der Waals surface area contributed by atoms with Crippen LogP contribution in [0.1, 0.15) is 17.9 Å². The highest BCUT2D eigenvalue weighted by Crippen LogP contribution is 2.51. The summed E-state index contributed by atoms with van der Waals surface area (Å²) in [6.07, 6.45) is -1.18. The number of aliphatic hydroxyl groups is 1. The number of para-hydroxylation sites is 1. The molecule has 1 aliphatic heterocycles. The van der Waals surface area contributed by atoms with Gasteiger partial charge in [-0.15, -0.1) is 0 Å². The third-order valence-electron chi connectivity index (χ3n) is 5.06. The summed E-state index contributed by atoms with van der Waals surface area (Å²) < 4.78 is 39.4. The highest BCUT2D eigenvalue weighted by atomic mass is 35.5. The number of sulfonamides is 1. The minimum atomic E-state index is -3.93. The Morgan fingerprint density at radius 1 is 1.28 bits per heavy atom. The van der Waals surface area contributed by atoms with E-state index in [9.17, 15) is 18.3 Å². The molecule has 10 heteroatoms. The van der Waals surface area contributed by atoms with Gasteiger partial charge < -0.3 is 19.7 Å². The molecule has 1 saturated carbocycles. The molecule has 1 aliphatic carbocycles. The Hall–Kier alpha value is -2.33. The van der Waals surface area contributed by atoms with Crippen LogP contribution in [0.15, 0.2) is 47.4 Å². The zero-order valence-electron chi connectivity index (χ0n) is 15.0. The van der Waals surface area contributed by atoms with E-state index in [-0.39, 0.29) is 22.1 Å². The number of ether oxygens (including phenoxy) is 2. The van der Waals surface area contributed by atoms with Crippen LogP contribution in [0.5, 0.6) is 11.5 Å². The Balaban J connectivity index is 1.63. The molecule has 4 rings (SSSR count). The number of benzene rings is 2. The summed E-state index contributed by atoms with van der Waals surface area (Å²) in [6, 6.07) is 10.1. The SMILES string of the molecule is O=C(O)COc1cccc2c1OC1CC(O)C(NS(=O)(=O)c3cccc(Cl)c3)C21. The zero-order valence-corrected chi connectivity index (χ0v) is 16.6. The average molecular weight is 440 g/mol. The Morgan fingerprint density at radius 2 is 2.03 bits per heavy atom. The van der Waals surface area contributed by atoms with Crippen LogP contribution in [-0.2, 0) is 14.8 Å². The normalized spacial score (nSPS) is 25.2. The summed E-state index contributed by atoms with van der Waals surface area (Å²) in [5.74, 6) is -0.918. The van der Waals surface area contributed by atoms with Crippen LogP contribution < -0.4 is 14.2 Å². The number of nitrogens with one attached hydrogen (secondary N) is 1. The van der Waals surface area contributed by atoms with Gasteiger partial charge in [0, 0.05) is 22.9 Å². The number of fused-ring (bicyclic) bond motifs is 3. The second-order valence-corrected chi connectivity index (χ2v) is 9.10. The van der Waals surface area contributed by atoms with Gasteiger partial charge in [0.05, 0.1) is 17.0 Å². The lowest BCUT2D eigenvalue weighted by Crippen LogP contribution is -2.43. The molecule has 4 unspecified atom stereocenters. The number of carboxylic acids is 1. The summed E-state index contributed by atoms with van der Waals surface area (Å²) >= 11 is 5.90. The van der Waals surface area contributed by atoms with E-state index in [1.165, 1.54) is 18.2 Å². The van der Waals surface area contributed by atoms with Crippen molar-refractivity contribution in [2.24, 2.45) is 0 Å². The first-order valence-electron chi connectivity index (χ1n) is 8.86. The largest absolute Gasteiger partial charge is 0.485 e. The summed E-state index contributed by atoms with van der Waals surface area (Å²) in [5.41, 5.74) is 0.660. The fraction of sp³-hybridized carbons (Fsp3) is 0.316. The third-order valence-corrected chi connectivity index (χ3v) is 6.75. The lowest BCUT2D eigenvalue weighted by molar-refractivity contribution is -0.139. The van der Waals surface area contributed by atoms with Crippen molar-refractivity contribution < 1.29 is 32.9 Å². The molecule has 0 bridgehead atoms. The summed E-state index contributed by atoms with van der Waals surface area (Å²) in [5, 5.41) is 19.6. The first-order valence-corrected chi connectivity index (χ1v) is 10.7. The molecule has 1 heterocycles. The van der Waals surface area contributed by atoms with Crippen LogP contribution in [-0.4, -0.2) is 49.5 Å². The van der Waals surface area contributed by atoms with E-state index in [4.69, 9.17) is 26.2 Å². The van der Waals surface area contributed by atoms with Crippen molar-refractivity contribution in [2.75, 3.05) is 6.61 Å². The standard InChI is InChI=1S/C19H18ClNO7S/c20-10-3-1-4-11(7-10)29(25,26)21-18-13(22)8-15-17(18)12-5-2-6-14(19(12)28-15)27-9-16(23)24/h1-7,13,15,17-18,21-22H,8-9H2,(H,23,24). The molecule has 2 aromatic carbocycles. The molecule has 3 N–H and O–H groups in total. The van der Waals surface area contributed by atoms with Crippen molar-refractivity contribution in [3.63, 3.8) is 0 Å². The Bertz CT molecular complexity index is 1060. The van der Waals surface area contributed by atoms with E-state index in [1.54, 1.807) is 24.3 Å². The molecule has 8 nitrogen and oxygen atoms in total. The molecule has 1 fully saturated rings. The Kier molecular flexibility index (Phi) is 5.16. The maximum atomic E-state index is 12.8. The van der Waals surface area contributed by atoms with Gasteiger partial charge in [-0.2, -0.15) is 0 Å². The summed E-state index contributed by atoms with van der Waals surface area (Å²) in [4.78, 5) is 10.8. The van der Waals surface area contributed by atoms with E-state index in [1.807, 2.05) is 0 Å². The van der Waals surface area contributed by atoms with Gasteiger partial charge in [0.15, 0.2) is 18.1 Å². The summed E-state index contributed by atoms with van der Waals surface area (Å²) in [6.45, 7) is -0.525. The van der Waals surface area contributed by atoms with Gasteiger partial charge in [0.25, 0.3) is 0 Å². The van der Waals surface area contributed by atoms with Crippen LogP contribution in [0.3, 0.4) is 0 Å². The van der Waals surface area contributed by atoms with Gasteiger partial charge in [0.1, 0.15) is 6.10 Å². The lowest BCUT2D eigenvalue weighted by atomic mass is 9.94. The smallest absolute Gasteiger partial charge is 0.341 e. The Morgan fingerprint density at radius 3 is 2.76 bits per heavy atom. The molecule has 2 aromatic rings. The van der Waals surface area contributed by atoms with Crippen molar-refractivity contribution in [1.29, 1.82) is 0 Å². The maximum Gasteiger partial charge on any atom is 0.341 e. The monoisotopic (exact) mass is 439 g/mol. The number of carbonyl (C=O) groups is 1. The van der Waals surface area contributed by atoms with E-state index >= 15 is 0 Å². The predicted molar refractivity (Wildman–Crippen MR) is 103 cm³/mol. The number of aliphatic hydroxyl groups excluding tert-OH is 1. The molecule has 0 radical (unpaired) electrons. The molecule has 0 saturated heterocycles. The molecule has 2 aliphatic rings. The molecule has 0 spiro atoms. The van der Waals surface area contributed by atoms with Crippen molar-refractivity contribution >= 4 is 27.6 Å². The molecular weight excluding hydrogens is 422 g/mol. The van der Waals surface area contributed by atoms with Gasteiger partial charge in [-0.05, 0) is 24.3 Å². The highest BCUT2D eigenvalue weighted by Gasteiger charge is 2.51. The molecular formula is C19H18ClNO7S. The number of hydrogen-bond donors (Lipinski definition) is 3. The second-order valence-electron chi connectivity index (χ2n) is 6.95. The lowest BCUT2D eigenvalue weighted by Gasteiger charge is -2.22. The van der Waals surface area contributed by atoms with E-state index in [0.29, 0.717) is 11.3 Å². The number of rotatable bonds is 6. The van der Waals surface area contributed by atoms with Crippen molar-refractivity contribution in [2.45, 2.75) is 35.5 Å². The quantitative estimate of drug-likeness (QED) is 0.626. The fourth-order valence-corrected chi connectivity index (χ4v) is 5.47. The van der Waals surface area contributed by atoms with Gasteiger partial charge in [-0.1, -0.05) is 29.8 Å². The van der Waals surface area contributed by atoms with Crippen LogP contribution in [0, 0.1) is 0 Å². The highest BCUT2D eigenvalue weighted by molar-refractivity contribution is 7.89. The number of halogens is 1. The van der Waals surface area contributed by atoms with Crippen molar-refractivity contribution in [1.82, 2.24) is 4.72 Å². The van der Waals surface area contributed by atoms with Gasteiger partial charge in [-0.3, -0.25) is 0 Å². The van der Waals surface area contributed by atoms with Crippen molar-refractivity contribution in [3.8, 4) is 11.5 Å². The molecule has 0 aromatic heterocycles. The first kappa shape index (κ1) is 20.0. The number of aliphatic carboxylic acids is 1. The van der Waals surface area contributed by atoms with E-state index in [2.05, 4.69) is 4.72 Å². The van der Waals surface area contributed by atoms with Crippen LogP contribution >= 0.6 is 11.6 Å². The molecule has 29 heavy (non-hydrogen) atoms. The predicted octanol–water partition coefficient (Wildman–Crippen LogP) is 1.76. The average Bonchev–Trinajstić information content (AvgIpc) is 3.16. The fourth-order valence-electron chi connectivity index (χ4n) is 3.88. The second kappa shape index (κ2) is 7.49. The number of hydrogen-bond acceptors (Lipinski definition) is 6. The van der Waals surface area contributed by atoms with Crippen LogP contribution in [0.2, 0.25) is 5.02 Å². The van der Waals surface area contributed by atoms with E-state index in [0.717, 1.165) is 0 Å². The van der Waals surface area contributed by atoms with Crippen LogP contribution in [0.25, 0.3) is 0 Å². The van der Waals surface area contributed by atoms with Gasteiger partial charge in [0.2, 0.25) is 10.0 Å². The molecule has 0 amide bonds. The van der Waals surface area contributed by atoms with Gasteiger partial charge in [-0.25, -0.2) is 17.9 Å². The Labute approximate surface area is 172 Å². The molecule has 4 atom stereocenters. The minimum absolute atomic E-state index is 0.00155. The van der Waals surface area contributed by atoms with Crippen molar-refractivity contribution in [3.05, 3.63) is 53.1 Å². The van der Waals surface area contributed by atoms with Gasteiger partial charge >= 0.3 is 5.97 Å². The van der Waals surface area contributed by atoms with Crippen LogP contribution in [0.4, 0.5) is 0 Å².